The SMILES string of the molecule is Cl.NCc1nc(C(=O)NCC2CCCCCCC2)cs1. The maximum Gasteiger partial charge on any atom is 0.270 e. The maximum absolute atomic E-state index is 12.0. The molecule has 0 unspecified atom stereocenters. The lowest BCUT2D eigenvalue weighted by atomic mass is 9.91. The average Bonchev–Trinajstić information content (AvgIpc) is 2.86. The lowest BCUT2D eigenvalue weighted by Crippen LogP contribution is -2.30. The van der Waals surface area contributed by atoms with Crippen LogP contribution in [0.2, 0.25) is 0 Å². The summed E-state index contributed by atoms with van der Waals surface area (Å²) in [6.07, 6.45) is 9.15. The Balaban J connectivity index is 0.00000200. The van der Waals surface area contributed by atoms with Gasteiger partial charge in [-0.05, 0) is 18.8 Å². The Bertz CT molecular complexity index is 403. The summed E-state index contributed by atoms with van der Waals surface area (Å²) in [5, 5.41) is 5.62. The number of hydrogen-bond acceptors (Lipinski definition) is 4. The second kappa shape index (κ2) is 9.32. The molecule has 1 amide bonds. The van der Waals surface area contributed by atoms with E-state index < -0.39 is 0 Å². The molecule has 2 rings (SSSR count). The molecule has 1 aromatic heterocycles. The number of carbonyl (C=O) groups excluding carboxylic acids is 1. The van der Waals surface area contributed by atoms with Gasteiger partial charge in [0.25, 0.3) is 5.91 Å². The monoisotopic (exact) mass is 317 g/mol. The van der Waals surface area contributed by atoms with E-state index in [1.165, 1.54) is 56.3 Å². The minimum absolute atomic E-state index is 0. The summed E-state index contributed by atoms with van der Waals surface area (Å²) in [4.78, 5) is 16.2. The topological polar surface area (TPSA) is 68.0 Å². The molecule has 1 heterocycles. The van der Waals surface area contributed by atoms with Gasteiger partial charge in [-0.25, -0.2) is 4.98 Å². The van der Waals surface area contributed by atoms with Crippen LogP contribution < -0.4 is 11.1 Å². The summed E-state index contributed by atoms with van der Waals surface area (Å²) in [5.74, 6) is 0.579. The van der Waals surface area contributed by atoms with Crippen LogP contribution in [0.3, 0.4) is 0 Å². The summed E-state index contributed by atoms with van der Waals surface area (Å²) in [5.41, 5.74) is 6.01. The third-order valence-electron chi connectivity index (χ3n) is 3.74. The molecule has 6 heteroatoms. The van der Waals surface area contributed by atoms with Crippen molar-refractivity contribution < 1.29 is 4.79 Å². The molecule has 3 N–H and O–H groups in total. The summed E-state index contributed by atoms with van der Waals surface area (Å²) in [6, 6.07) is 0. The highest BCUT2D eigenvalue weighted by Gasteiger charge is 2.14. The second-order valence-corrected chi connectivity index (χ2v) is 6.19. The van der Waals surface area contributed by atoms with Crippen molar-refractivity contribution in [1.82, 2.24) is 10.3 Å². The number of nitrogens with one attached hydrogen (secondary N) is 1. The first-order valence-corrected chi connectivity index (χ1v) is 8.10. The maximum atomic E-state index is 12.0. The number of carbonyl (C=O) groups is 1. The van der Waals surface area contributed by atoms with Crippen LogP contribution in [0, 0.1) is 5.92 Å². The van der Waals surface area contributed by atoms with E-state index >= 15 is 0 Å². The number of nitrogens with two attached hydrogens (primary N) is 1. The van der Waals surface area contributed by atoms with Crippen molar-refractivity contribution in [3.05, 3.63) is 16.1 Å². The van der Waals surface area contributed by atoms with E-state index in [1.54, 1.807) is 5.38 Å². The predicted molar refractivity (Wildman–Crippen MR) is 85.4 cm³/mol. The van der Waals surface area contributed by atoms with Gasteiger partial charge in [-0.1, -0.05) is 32.1 Å². The molecule has 0 aromatic carbocycles. The highest BCUT2D eigenvalue weighted by atomic mass is 35.5. The third-order valence-corrected chi connectivity index (χ3v) is 4.61. The lowest BCUT2D eigenvalue weighted by Gasteiger charge is -2.19. The second-order valence-electron chi connectivity index (χ2n) is 5.25. The fourth-order valence-corrected chi connectivity index (χ4v) is 3.24. The number of amides is 1. The molecular formula is C14H24ClN3OS. The highest BCUT2D eigenvalue weighted by Crippen LogP contribution is 2.21. The first-order valence-electron chi connectivity index (χ1n) is 7.22. The van der Waals surface area contributed by atoms with E-state index in [1.807, 2.05) is 0 Å². The summed E-state index contributed by atoms with van der Waals surface area (Å²) < 4.78 is 0. The first kappa shape index (κ1) is 17.4. The van der Waals surface area contributed by atoms with Gasteiger partial charge >= 0.3 is 0 Å². The van der Waals surface area contributed by atoms with Crippen molar-refractivity contribution in [3.63, 3.8) is 0 Å². The Labute approximate surface area is 131 Å². The molecule has 0 bridgehead atoms. The van der Waals surface area contributed by atoms with Gasteiger partial charge in [0.1, 0.15) is 10.7 Å². The molecule has 4 nitrogen and oxygen atoms in total. The van der Waals surface area contributed by atoms with E-state index in [0.29, 0.717) is 18.2 Å². The quantitative estimate of drug-likeness (QED) is 0.896. The molecule has 0 saturated heterocycles. The van der Waals surface area contributed by atoms with Crippen LogP contribution >= 0.6 is 23.7 Å². The van der Waals surface area contributed by atoms with Crippen LogP contribution in [0.4, 0.5) is 0 Å². The molecule has 0 atom stereocenters. The van der Waals surface area contributed by atoms with Crippen LogP contribution in [-0.2, 0) is 6.54 Å². The van der Waals surface area contributed by atoms with Gasteiger partial charge in [-0.15, -0.1) is 23.7 Å². The zero-order valence-electron chi connectivity index (χ0n) is 11.8. The third kappa shape index (κ3) is 5.38. The molecule has 1 aromatic rings. The summed E-state index contributed by atoms with van der Waals surface area (Å²) in [6.45, 7) is 1.19. The van der Waals surface area contributed by atoms with Gasteiger partial charge in [0, 0.05) is 18.5 Å². The number of hydrogen-bond donors (Lipinski definition) is 2. The van der Waals surface area contributed by atoms with Gasteiger partial charge in [-0.3, -0.25) is 4.79 Å². The highest BCUT2D eigenvalue weighted by molar-refractivity contribution is 7.09. The van der Waals surface area contributed by atoms with Gasteiger partial charge in [-0.2, -0.15) is 0 Å². The van der Waals surface area contributed by atoms with E-state index in [0.717, 1.165) is 11.6 Å². The lowest BCUT2D eigenvalue weighted by molar-refractivity contribution is 0.0940. The zero-order valence-corrected chi connectivity index (χ0v) is 13.4. The number of nitrogens with zero attached hydrogens (tertiary/aromatic N) is 1. The van der Waals surface area contributed by atoms with Gasteiger partial charge in [0.05, 0.1) is 0 Å². The van der Waals surface area contributed by atoms with Crippen LogP contribution in [0.15, 0.2) is 5.38 Å². The molecule has 20 heavy (non-hydrogen) atoms. The van der Waals surface area contributed by atoms with Gasteiger partial charge < -0.3 is 11.1 Å². The van der Waals surface area contributed by atoms with E-state index in [4.69, 9.17) is 5.73 Å². The largest absolute Gasteiger partial charge is 0.350 e. The molecular weight excluding hydrogens is 294 g/mol. The Morgan fingerprint density at radius 3 is 2.55 bits per heavy atom. The fraction of sp³-hybridized carbons (Fsp3) is 0.714. The van der Waals surface area contributed by atoms with Crippen molar-refractivity contribution in [2.24, 2.45) is 11.7 Å². The minimum atomic E-state index is -0.0574. The number of thiazole rings is 1. The van der Waals surface area contributed by atoms with Crippen LogP contribution in [0.5, 0.6) is 0 Å². The Morgan fingerprint density at radius 1 is 1.30 bits per heavy atom. The molecule has 0 radical (unpaired) electrons. The summed E-state index contributed by atoms with van der Waals surface area (Å²) >= 11 is 1.45. The van der Waals surface area contributed by atoms with Gasteiger partial charge in [0.2, 0.25) is 0 Å². The van der Waals surface area contributed by atoms with E-state index in [2.05, 4.69) is 10.3 Å². The van der Waals surface area contributed by atoms with Crippen LogP contribution in [0.1, 0.15) is 60.4 Å². The van der Waals surface area contributed by atoms with E-state index in [9.17, 15) is 4.79 Å². The predicted octanol–water partition coefficient (Wildman–Crippen LogP) is 3.11. The number of halogens is 1. The average molecular weight is 318 g/mol. The normalized spacial score (nSPS) is 16.9. The molecule has 1 aliphatic carbocycles. The molecule has 0 aliphatic heterocycles. The van der Waals surface area contributed by atoms with Gasteiger partial charge in [0.15, 0.2) is 0 Å². The summed E-state index contributed by atoms with van der Waals surface area (Å²) in [7, 11) is 0. The molecule has 0 spiro atoms. The Kier molecular flexibility index (Phi) is 8.11. The number of rotatable bonds is 4. The van der Waals surface area contributed by atoms with Crippen LogP contribution in [-0.4, -0.2) is 17.4 Å². The molecule has 1 aliphatic rings. The zero-order chi connectivity index (χ0) is 13.5. The fourth-order valence-electron chi connectivity index (χ4n) is 2.58. The number of aromatic nitrogens is 1. The van der Waals surface area contributed by atoms with E-state index in [-0.39, 0.29) is 18.3 Å². The van der Waals surface area contributed by atoms with Crippen molar-refractivity contribution in [3.8, 4) is 0 Å². The van der Waals surface area contributed by atoms with Crippen LogP contribution in [0.25, 0.3) is 0 Å². The molecule has 1 fully saturated rings. The van der Waals surface area contributed by atoms with Crippen molar-refractivity contribution in [2.75, 3.05) is 6.54 Å². The minimum Gasteiger partial charge on any atom is -0.350 e. The molecule has 1 saturated carbocycles. The Morgan fingerprint density at radius 2 is 1.95 bits per heavy atom. The standard InChI is InChI=1S/C14H23N3OS.ClH/c15-8-13-17-12(10-19-13)14(18)16-9-11-6-4-2-1-3-5-7-11;/h10-11H,1-9,15H2,(H,16,18);1H. The van der Waals surface area contributed by atoms with Crippen molar-refractivity contribution in [1.29, 1.82) is 0 Å². The Hall–Kier alpha value is -0.650. The van der Waals surface area contributed by atoms with Crippen molar-refractivity contribution >= 4 is 29.7 Å². The molecule has 114 valence electrons. The van der Waals surface area contributed by atoms with Crippen molar-refractivity contribution in [2.45, 2.75) is 51.5 Å². The smallest absolute Gasteiger partial charge is 0.270 e. The first-order chi connectivity index (χ1) is 9.29.